The zero-order chi connectivity index (χ0) is 27.2. The largest absolute Gasteiger partial charge is 0.497 e. The number of aromatic nitrogens is 4. The molecule has 0 aromatic carbocycles. The predicted molar refractivity (Wildman–Crippen MR) is 135 cm³/mol. The Hall–Kier alpha value is -3.46. The number of nitrogens with zero attached hydrogens (tertiary/aromatic N) is 5. The van der Waals surface area contributed by atoms with Gasteiger partial charge < -0.3 is 20.3 Å². The number of ether oxygens (including phenoxy) is 1. The first kappa shape index (κ1) is 17.9. The van der Waals surface area contributed by atoms with Crippen LogP contribution in [0.4, 0.5) is 17.5 Å². The van der Waals surface area contributed by atoms with Crippen LogP contribution in [-0.2, 0) is 4.74 Å². The lowest BCUT2D eigenvalue weighted by Crippen LogP contribution is -2.43. The van der Waals surface area contributed by atoms with Gasteiger partial charge >= 0.3 is 0 Å². The molecule has 0 radical (unpaired) electrons. The molecular formula is C25H31N7O2. The van der Waals surface area contributed by atoms with Gasteiger partial charge in [-0.25, -0.2) is 9.97 Å². The van der Waals surface area contributed by atoms with E-state index in [0.29, 0.717) is 28.5 Å². The average Bonchev–Trinajstić information content (AvgIpc) is 3.37. The van der Waals surface area contributed by atoms with E-state index in [2.05, 4.69) is 27.2 Å². The van der Waals surface area contributed by atoms with Gasteiger partial charge in [-0.15, -0.1) is 0 Å². The predicted octanol–water partition coefficient (Wildman–Crippen LogP) is 3.38. The van der Waals surface area contributed by atoms with Gasteiger partial charge in [0.25, 0.3) is 5.56 Å². The lowest BCUT2D eigenvalue weighted by molar-refractivity contribution is 0.369. The van der Waals surface area contributed by atoms with Crippen molar-refractivity contribution in [3.63, 3.8) is 0 Å². The number of nitrogens with one attached hydrogen (secondary N) is 2. The Morgan fingerprint density at radius 2 is 2.00 bits per heavy atom. The zero-order valence-electron chi connectivity index (χ0n) is 23.4. The third-order valence-corrected chi connectivity index (χ3v) is 6.49. The summed E-state index contributed by atoms with van der Waals surface area (Å²) in [6.45, 7) is 2.00. The molecule has 0 amide bonds. The molecule has 0 unspecified atom stereocenters. The van der Waals surface area contributed by atoms with Gasteiger partial charge in [0.1, 0.15) is 17.2 Å². The fourth-order valence-electron chi connectivity index (χ4n) is 4.66. The van der Waals surface area contributed by atoms with E-state index in [1.54, 1.807) is 34.0 Å². The number of hydrogen-bond donors (Lipinski definition) is 2. The van der Waals surface area contributed by atoms with Crippen LogP contribution < -0.4 is 21.1 Å². The van der Waals surface area contributed by atoms with Crippen LogP contribution in [0.1, 0.15) is 48.3 Å². The molecule has 2 N–H and O–H groups in total. The molecule has 1 aliphatic carbocycles. The Bertz CT molecular complexity index is 1420. The van der Waals surface area contributed by atoms with Gasteiger partial charge in [0, 0.05) is 49.2 Å². The zero-order valence-corrected chi connectivity index (χ0v) is 19.4. The molecular weight excluding hydrogens is 430 g/mol. The van der Waals surface area contributed by atoms with E-state index in [4.69, 9.17) is 15.2 Å². The van der Waals surface area contributed by atoms with Crippen LogP contribution in [0.5, 0.6) is 0 Å². The number of methoxy groups -OCH3 is 1. The maximum absolute atomic E-state index is 13.6. The number of fused-ring (bicyclic) bond motifs is 1. The molecule has 1 saturated carbocycles. The van der Waals surface area contributed by atoms with Crippen LogP contribution >= 0.6 is 0 Å². The molecule has 0 spiro atoms. The molecule has 2 fully saturated rings. The van der Waals surface area contributed by atoms with Crippen molar-refractivity contribution in [2.24, 2.45) is 0 Å². The Morgan fingerprint density at radius 1 is 1.24 bits per heavy atom. The molecule has 2 aliphatic rings. The van der Waals surface area contributed by atoms with Gasteiger partial charge in [-0.05, 0) is 37.5 Å². The Labute approximate surface area is 204 Å². The molecule has 9 heteroatoms. The van der Waals surface area contributed by atoms with Crippen LogP contribution in [0.25, 0.3) is 16.8 Å². The van der Waals surface area contributed by atoms with E-state index in [-0.39, 0.29) is 30.6 Å². The standard InChI is InChI=1S/C25H31N7O2/c1-16-20-15-28-25(29-21-9-8-19(14-27-21)31-12-10-26-11-13-31)30-23(20)32(18-6-4-5-7-18)24(33)22(16)17(2)34-3/h8-9,14-15,18,26H,2,4-7,10-13H2,1,3H3,(H,27,28,29,30)/i10D2,11D2. The summed E-state index contributed by atoms with van der Waals surface area (Å²) < 4.78 is 38.9. The van der Waals surface area contributed by atoms with E-state index in [0.717, 1.165) is 36.6 Å². The van der Waals surface area contributed by atoms with Crippen LogP contribution in [0.2, 0.25) is 0 Å². The summed E-state index contributed by atoms with van der Waals surface area (Å²) in [4.78, 5) is 28.8. The summed E-state index contributed by atoms with van der Waals surface area (Å²) in [6.07, 6.45) is 7.15. The number of rotatable bonds is 6. The third-order valence-electron chi connectivity index (χ3n) is 6.49. The van der Waals surface area contributed by atoms with E-state index in [9.17, 15) is 4.79 Å². The summed E-state index contributed by atoms with van der Waals surface area (Å²) in [5.41, 5.74) is 2.13. The minimum Gasteiger partial charge on any atom is -0.497 e. The van der Waals surface area contributed by atoms with E-state index < -0.39 is 13.0 Å². The van der Waals surface area contributed by atoms with Gasteiger partial charge in [-0.1, -0.05) is 19.4 Å². The molecule has 4 heterocycles. The Morgan fingerprint density at radius 3 is 2.68 bits per heavy atom. The maximum Gasteiger partial charge on any atom is 0.263 e. The van der Waals surface area contributed by atoms with Crippen molar-refractivity contribution in [2.75, 3.05) is 43.4 Å². The van der Waals surface area contributed by atoms with Crippen molar-refractivity contribution >= 4 is 34.2 Å². The van der Waals surface area contributed by atoms with Gasteiger partial charge in [0.2, 0.25) is 5.95 Å². The second-order valence-corrected chi connectivity index (χ2v) is 8.53. The maximum atomic E-state index is 13.6. The lowest BCUT2D eigenvalue weighted by Gasteiger charge is -2.29. The molecule has 178 valence electrons. The van der Waals surface area contributed by atoms with E-state index in [1.807, 2.05) is 6.92 Å². The fourth-order valence-corrected chi connectivity index (χ4v) is 4.66. The molecule has 3 aromatic rings. The van der Waals surface area contributed by atoms with Crippen LogP contribution in [0.15, 0.2) is 35.9 Å². The van der Waals surface area contributed by atoms with Gasteiger partial charge in [-0.3, -0.25) is 9.36 Å². The van der Waals surface area contributed by atoms with Crippen molar-refractivity contribution in [3.05, 3.63) is 52.6 Å². The van der Waals surface area contributed by atoms with Crippen molar-refractivity contribution < 1.29 is 10.2 Å². The SMILES string of the molecule is [2H]C1([2H])CN(c2ccc(Nc3ncc4c(C)c(C(=C)OC)c(=O)n(C5CCCC5)c4n3)nc2)CC([2H])([2H])N1. The van der Waals surface area contributed by atoms with Crippen LogP contribution in [0, 0.1) is 6.92 Å². The van der Waals surface area contributed by atoms with Gasteiger partial charge in [0.05, 0.1) is 24.6 Å². The fraction of sp³-hybridized carbons (Fsp3) is 0.440. The highest BCUT2D eigenvalue weighted by Crippen LogP contribution is 2.33. The number of hydrogen-bond acceptors (Lipinski definition) is 8. The number of anilines is 3. The molecule has 5 rings (SSSR count). The number of piperazine rings is 1. The third kappa shape index (κ3) is 4.11. The molecule has 0 bridgehead atoms. The lowest BCUT2D eigenvalue weighted by atomic mass is 10.0. The highest BCUT2D eigenvalue weighted by molar-refractivity contribution is 5.84. The van der Waals surface area contributed by atoms with E-state index in [1.165, 1.54) is 7.11 Å². The average molecular weight is 466 g/mol. The summed E-state index contributed by atoms with van der Waals surface area (Å²) in [7, 11) is 1.50. The van der Waals surface area contributed by atoms with Crippen LogP contribution in [-0.4, -0.2) is 52.7 Å². The summed E-state index contributed by atoms with van der Waals surface area (Å²) in [5, 5.41) is 6.22. The molecule has 0 atom stereocenters. The molecule has 34 heavy (non-hydrogen) atoms. The number of pyridine rings is 2. The smallest absolute Gasteiger partial charge is 0.263 e. The van der Waals surface area contributed by atoms with Crippen LogP contribution in [0.3, 0.4) is 0 Å². The normalized spacial score (nSPS) is 21.4. The Kier molecular flexibility index (Phi) is 4.97. The summed E-state index contributed by atoms with van der Waals surface area (Å²) in [6, 6.07) is 3.49. The second kappa shape index (κ2) is 9.42. The van der Waals surface area contributed by atoms with Crippen molar-refractivity contribution in [1.82, 2.24) is 24.8 Å². The monoisotopic (exact) mass is 465 g/mol. The first-order valence-electron chi connectivity index (χ1n) is 13.4. The first-order chi connectivity index (χ1) is 18.0. The second-order valence-electron chi connectivity index (χ2n) is 8.53. The van der Waals surface area contributed by atoms with Gasteiger partial charge in [0.15, 0.2) is 0 Å². The number of aryl methyl sites for hydroxylation is 1. The quantitative estimate of drug-likeness (QED) is 0.535. The van der Waals surface area contributed by atoms with E-state index >= 15 is 0 Å². The minimum absolute atomic E-state index is 0.00964. The summed E-state index contributed by atoms with van der Waals surface area (Å²) >= 11 is 0. The molecule has 1 saturated heterocycles. The van der Waals surface area contributed by atoms with Crippen molar-refractivity contribution in [1.29, 1.82) is 0 Å². The molecule has 1 aliphatic heterocycles. The molecule has 3 aromatic heterocycles. The topological polar surface area (TPSA) is 97.2 Å². The Balaban J connectivity index is 1.47. The first-order valence-corrected chi connectivity index (χ1v) is 11.4. The highest BCUT2D eigenvalue weighted by atomic mass is 16.5. The van der Waals surface area contributed by atoms with Crippen molar-refractivity contribution in [2.45, 2.75) is 38.6 Å². The summed E-state index contributed by atoms with van der Waals surface area (Å²) in [5.74, 6) is 1.07. The minimum atomic E-state index is -1.87. The highest BCUT2D eigenvalue weighted by Gasteiger charge is 2.25. The molecule has 9 nitrogen and oxygen atoms in total. The van der Waals surface area contributed by atoms with Gasteiger partial charge in [-0.2, -0.15) is 4.98 Å². The van der Waals surface area contributed by atoms with Crippen molar-refractivity contribution in [3.8, 4) is 0 Å².